The molecule has 0 aromatic rings. The fourth-order valence-electron chi connectivity index (χ4n) is 3.37. The Labute approximate surface area is 131 Å². The van der Waals surface area contributed by atoms with E-state index in [2.05, 4.69) is 11.8 Å². The van der Waals surface area contributed by atoms with E-state index >= 15 is 0 Å². The third-order valence-corrected chi connectivity index (χ3v) is 4.92. The maximum Gasteiger partial charge on any atom is 0.312 e. The van der Waals surface area contributed by atoms with E-state index in [1.807, 2.05) is 0 Å². The Morgan fingerprint density at radius 3 is 1.86 bits per heavy atom. The lowest BCUT2D eigenvalue weighted by atomic mass is 10.0. The average molecular weight is 311 g/mol. The van der Waals surface area contributed by atoms with Gasteiger partial charge < -0.3 is 24.2 Å². The highest BCUT2D eigenvalue weighted by Crippen LogP contribution is 2.31. The molecule has 0 N–H and O–H groups in total. The van der Waals surface area contributed by atoms with Crippen LogP contribution in [0.1, 0.15) is 19.8 Å². The smallest absolute Gasteiger partial charge is 0.312 e. The van der Waals surface area contributed by atoms with Crippen LogP contribution in [0.15, 0.2) is 0 Å². The van der Waals surface area contributed by atoms with Crippen molar-refractivity contribution in [2.45, 2.75) is 25.6 Å². The van der Waals surface area contributed by atoms with Gasteiger partial charge >= 0.3 is 11.8 Å². The van der Waals surface area contributed by atoms with Crippen LogP contribution in [0.3, 0.4) is 0 Å². The lowest BCUT2D eigenvalue weighted by Crippen LogP contribution is -2.55. The molecule has 0 bridgehead atoms. The summed E-state index contributed by atoms with van der Waals surface area (Å²) >= 11 is 0. The molecular formula is C15H25N3O4. The molecule has 1 spiro atoms. The second kappa shape index (κ2) is 6.52. The van der Waals surface area contributed by atoms with Crippen molar-refractivity contribution < 1.29 is 19.1 Å². The second-order valence-electron chi connectivity index (χ2n) is 6.13. The highest BCUT2D eigenvalue weighted by molar-refractivity contribution is 6.34. The van der Waals surface area contributed by atoms with Crippen LogP contribution >= 0.6 is 0 Å². The molecule has 3 heterocycles. The number of piperidine rings is 1. The van der Waals surface area contributed by atoms with E-state index in [-0.39, 0.29) is 11.8 Å². The Hall–Kier alpha value is -1.18. The largest absolute Gasteiger partial charge is 0.347 e. The highest BCUT2D eigenvalue weighted by Gasteiger charge is 2.42. The van der Waals surface area contributed by atoms with Crippen LogP contribution in [0.25, 0.3) is 0 Å². The molecule has 0 aromatic heterocycles. The highest BCUT2D eigenvalue weighted by atomic mass is 16.7. The molecule has 3 aliphatic rings. The molecule has 2 amide bonds. The Morgan fingerprint density at radius 1 is 0.864 bits per heavy atom. The first-order chi connectivity index (χ1) is 10.6. The number of nitrogens with zero attached hydrogens (tertiary/aromatic N) is 3. The van der Waals surface area contributed by atoms with Gasteiger partial charge in [-0.15, -0.1) is 0 Å². The molecule has 0 saturated carbocycles. The zero-order valence-electron chi connectivity index (χ0n) is 13.3. The fraction of sp³-hybridized carbons (Fsp3) is 0.867. The van der Waals surface area contributed by atoms with E-state index in [0.717, 1.165) is 19.6 Å². The SMILES string of the molecule is CCN1CCN(C(=O)C(=O)N2CCC3(CC2)OCCO3)CC1. The van der Waals surface area contributed by atoms with E-state index in [9.17, 15) is 9.59 Å². The maximum atomic E-state index is 12.4. The lowest BCUT2D eigenvalue weighted by molar-refractivity contribution is -0.188. The molecule has 7 heteroatoms. The van der Waals surface area contributed by atoms with Crippen molar-refractivity contribution in [2.75, 3.05) is 59.0 Å². The van der Waals surface area contributed by atoms with Crippen LogP contribution in [-0.4, -0.2) is 91.3 Å². The predicted molar refractivity (Wildman–Crippen MR) is 79.1 cm³/mol. The van der Waals surface area contributed by atoms with Crippen molar-refractivity contribution >= 4 is 11.8 Å². The van der Waals surface area contributed by atoms with Crippen molar-refractivity contribution in [3.05, 3.63) is 0 Å². The number of ether oxygens (including phenoxy) is 2. The molecule has 3 saturated heterocycles. The summed E-state index contributed by atoms with van der Waals surface area (Å²) in [4.78, 5) is 30.4. The molecule has 22 heavy (non-hydrogen) atoms. The zero-order valence-corrected chi connectivity index (χ0v) is 13.3. The van der Waals surface area contributed by atoms with Gasteiger partial charge in [-0.05, 0) is 6.54 Å². The van der Waals surface area contributed by atoms with Crippen LogP contribution in [0.4, 0.5) is 0 Å². The summed E-state index contributed by atoms with van der Waals surface area (Å²) in [6, 6.07) is 0. The van der Waals surface area contributed by atoms with Crippen LogP contribution in [0, 0.1) is 0 Å². The molecule has 0 unspecified atom stereocenters. The first-order valence-corrected chi connectivity index (χ1v) is 8.22. The number of piperazine rings is 1. The Morgan fingerprint density at radius 2 is 1.36 bits per heavy atom. The summed E-state index contributed by atoms with van der Waals surface area (Å²) in [5.74, 6) is -1.25. The first kappa shape index (κ1) is 15.7. The molecule has 124 valence electrons. The summed E-state index contributed by atoms with van der Waals surface area (Å²) in [6.45, 7) is 8.37. The van der Waals surface area contributed by atoms with Crippen LogP contribution in [0.5, 0.6) is 0 Å². The normalized spacial score (nSPS) is 25.7. The standard InChI is InChI=1S/C15H25N3O4/c1-2-16-7-9-18(10-8-16)14(20)13(19)17-5-3-15(4-6-17)21-11-12-22-15/h2-12H2,1H3. The fourth-order valence-corrected chi connectivity index (χ4v) is 3.37. The Bertz CT molecular complexity index is 419. The predicted octanol–water partition coefficient (Wildman–Crippen LogP) is -0.484. The molecule has 3 aliphatic heterocycles. The molecule has 7 nitrogen and oxygen atoms in total. The van der Waals surface area contributed by atoms with E-state index in [0.29, 0.717) is 52.2 Å². The van der Waals surface area contributed by atoms with Crippen molar-refractivity contribution in [1.29, 1.82) is 0 Å². The second-order valence-corrected chi connectivity index (χ2v) is 6.13. The number of amides is 2. The minimum Gasteiger partial charge on any atom is -0.347 e. The number of likely N-dealkylation sites (N-methyl/N-ethyl adjacent to an activating group) is 1. The summed E-state index contributed by atoms with van der Waals surface area (Å²) in [5, 5.41) is 0. The molecule has 0 aliphatic carbocycles. The number of carbonyl (C=O) groups excluding carboxylic acids is 2. The summed E-state index contributed by atoms with van der Waals surface area (Å²) in [7, 11) is 0. The van der Waals surface area contributed by atoms with Gasteiger partial charge in [0.15, 0.2) is 5.79 Å². The number of carbonyl (C=O) groups is 2. The third kappa shape index (κ3) is 3.11. The van der Waals surface area contributed by atoms with Crippen LogP contribution in [0.2, 0.25) is 0 Å². The summed E-state index contributed by atoms with van der Waals surface area (Å²) in [5.41, 5.74) is 0. The van der Waals surface area contributed by atoms with E-state index in [1.165, 1.54) is 0 Å². The molecule has 0 radical (unpaired) electrons. The molecule has 0 atom stereocenters. The quantitative estimate of drug-likeness (QED) is 0.612. The minimum absolute atomic E-state index is 0.361. The lowest BCUT2D eigenvalue weighted by Gasteiger charge is -2.39. The average Bonchev–Trinajstić information content (AvgIpc) is 3.02. The van der Waals surface area contributed by atoms with Gasteiger partial charge in [-0.2, -0.15) is 0 Å². The van der Waals surface area contributed by atoms with Crippen molar-refractivity contribution in [2.24, 2.45) is 0 Å². The third-order valence-electron chi connectivity index (χ3n) is 4.92. The summed E-state index contributed by atoms with van der Waals surface area (Å²) in [6.07, 6.45) is 1.30. The zero-order chi connectivity index (χ0) is 15.6. The maximum absolute atomic E-state index is 12.4. The Kier molecular flexibility index (Phi) is 4.65. The molecule has 3 fully saturated rings. The molecular weight excluding hydrogens is 286 g/mol. The molecule has 3 rings (SSSR count). The van der Waals surface area contributed by atoms with Gasteiger partial charge in [0, 0.05) is 52.1 Å². The van der Waals surface area contributed by atoms with Gasteiger partial charge in [0.25, 0.3) is 0 Å². The number of hydrogen-bond donors (Lipinski definition) is 0. The van der Waals surface area contributed by atoms with Crippen LogP contribution in [-0.2, 0) is 19.1 Å². The monoisotopic (exact) mass is 311 g/mol. The topological polar surface area (TPSA) is 62.3 Å². The van der Waals surface area contributed by atoms with Crippen LogP contribution < -0.4 is 0 Å². The number of hydrogen-bond acceptors (Lipinski definition) is 5. The first-order valence-electron chi connectivity index (χ1n) is 8.22. The summed E-state index contributed by atoms with van der Waals surface area (Å²) < 4.78 is 11.3. The van der Waals surface area contributed by atoms with Gasteiger partial charge in [-0.25, -0.2) is 0 Å². The van der Waals surface area contributed by atoms with E-state index in [1.54, 1.807) is 9.80 Å². The minimum atomic E-state index is -0.507. The van der Waals surface area contributed by atoms with Gasteiger partial charge in [0.1, 0.15) is 0 Å². The van der Waals surface area contributed by atoms with Crippen molar-refractivity contribution in [3.63, 3.8) is 0 Å². The van der Waals surface area contributed by atoms with Gasteiger partial charge in [0.2, 0.25) is 0 Å². The molecule has 0 aromatic carbocycles. The van der Waals surface area contributed by atoms with Gasteiger partial charge in [-0.1, -0.05) is 6.92 Å². The van der Waals surface area contributed by atoms with E-state index in [4.69, 9.17) is 9.47 Å². The van der Waals surface area contributed by atoms with Gasteiger partial charge in [-0.3, -0.25) is 9.59 Å². The van der Waals surface area contributed by atoms with Crippen molar-refractivity contribution in [3.8, 4) is 0 Å². The van der Waals surface area contributed by atoms with Crippen molar-refractivity contribution in [1.82, 2.24) is 14.7 Å². The Balaban J connectivity index is 1.50. The van der Waals surface area contributed by atoms with E-state index < -0.39 is 5.79 Å². The number of rotatable bonds is 1. The number of likely N-dealkylation sites (tertiary alicyclic amines) is 1. The van der Waals surface area contributed by atoms with Gasteiger partial charge in [0.05, 0.1) is 13.2 Å².